The van der Waals surface area contributed by atoms with Crippen molar-refractivity contribution in [2.75, 3.05) is 13.6 Å². The molecule has 6 heteroatoms. The maximum Gasteiger partial charge on any atom is 0.197 e. The van der Waals surface area contributed by atoms with Crippen molar-refractivity contribution in [1.82, 2.24) is 10.2 Å². The summed E-state index contributed by atoms with van der Waals surface area (Å²) >= 11 is 1.73. The molecular formula is C10H17N5S. The van der Waals surface area contributed by atoms with Crippen molar-refractivity contribution < 1.29 is 0 Å². The van der Waals surface area contributed by atoms with Gasteiger partial charge < -0.3 is 10.6 Å². The van der Waals surface area contributed by atoms with Crippen LogP contribution >= 0.6 is 11.3 Å². The van der Waals surface area contributed by atoms with Gasteiger partial charge in [0.05, 0.1) is 0 Å². The van der Waals surface area contributed by atoms with Gasteiger partial charge in [0, 0.05) is 18.5 Å². The fourth-order valence-corrected chi connectivity index (χ4v) is 2.05. The fourth-order valence-electron chi connectivity index (χ4n) is 1.29. The lowest BCUT2D eigenvalue weighted by atomic mass is 10.2. The zero-order valence-corrected chi connectivity index (χ0v) is 10.3. The van der Waals surface area contributed by atoms with Crippen LogP contribution in [0.5, 0.6) is 0 Å². The van der Waals surface area contributed by atoms with Crippen LogP contribution in [0.2, 0.25) is 0 Å². The Labute approximate surface area is 99.3 Å². The maximum atomic E-state index is 7.60. The first-order chi connectivity index (χ1) is 7.50. The number of nitrogens with zero attached hydrogens (tertiary/aromatic N) is 1. The van der Waals surface area contributed by atoms with Gasteiger partial charge in [-0.05, 0) is 30.4 Å². The van der Waals surface area contributed by atoms with Gasteiger partial charge in [0.15, 0.2) is 11.9 Å². The van der Waals surface area contributed by atoms with E-state index in [4.69, 9.17) is 16.6 Å². The molecule has 0 saturated carbocycles. The average Bonchev–Trinajstić information content (AvgIpc) is 2.59. The van der Waals surface area contributed by atoms with Crippen LogP contribution in [0.1, 0.15) is 10.4 Å². The van der Waals surface area contributed by atoms with Crippen molar-refractivity contribution in [1.29, 1.82) is 10.8 Å². The minimum absolute atomic E-state index is 0.153. The second-order valence-electron chi connectivity index (χ2n) is 3.56. The smallest absolute Gasteiger partial charge is 0.197 e. The molecule has 0 fully saturated rings. The molecule has 88 valence electrons. The second kappa shape index (κ2) is 5.50. The standard InChI is InChI=1S/C10H17N5S/c1-7-8(4-6-16-7)3-5-15(2)10(13)14-9(11)12/h4,6H,3,5H2,1-2H3,(H5,11,12,13,14). The quantitative estimate of drug-likeness (QED) is 0.467. The lowest BCUT2D eigenvalue weighted by Crippen LogP contribution is -2.44. The molecule has 1 aromatic rings. The largest absolute Gasteiger partial charge is 0.370 e. The van der Waals surface area contributed by atoms with Gasteiger partial charge in [-0.25, -0.2) is 0 Å². The van der Waals surface area contributed by atoms with Gasteiger partial charge >= 0.3 is 0 Å². The van der Waals surface area contributed by atoms with E-state index in [1.165, 1.54) is 10.4 Å². The summed E-state index contributed by atoms with van der Waals surface area (Å²) in [5.74, 6) is -0.0519. The summed E-state index contributed by atoms with van der Waals surface area (Å²) < 4.78 is 0. The highest BCUT2D eigenvalue weighted by molar-refractivity contribution is 7.10. The second-order valence-corrected chi connectivity index (χ2v) is 4.68. The van der Waals surface area contributed by atoms with E-state index in [0.29, 0.717) is 0 Å². The fraction of sp³-hybridized carbons (Fsp3) is 0.400. The van der Waals surface area contributed by atoms with Crippen molar-refractivity contribution in [3.63, 3.8) is 0 Å². The van der Waals surface area contributed by atoms with Crippen LogP contribution in [0.15, 0.2) is 11.4 Å². The van der Waals surface area contributed by atoms with Gasteiger partial charge in [0.25, 0.3) is 0 Å². The van der Waals surface area contributed by atoms with E-state index in [1.807, 2.05) is 0 Å². The number of rotatable bonds is 3. The highest BCUT2D eigenvalue weighted by Crippen LogP contribution is 2.15. The number of nitrogens with two attached hydrogens (primary N) is 1. The lowest BCUT2D eigenvalue weighted by Gasteiger charge is -2.19. The van der Waals surface area contributed by atoms with E-state index >= 15 is 0 Å². The van der Waals surface area contributed by atoms with Crippen molar-refractivity contribution in [2.45, 2.75) is 13.3 Å². The van der Waals surface area contributed by atoms with Crippen LogP contribution in [0.25, 0.3) is 0 Å². The number of aryl methyl sites for hydroxylation is 1. The first-order valence-corrected chi connectivity index (χ1v) is 5.82. The summed E-state index contributed by atoms with van der Waals surface area (Å²) in [7, 11) is 1.81. The Hall–Kier alpha value is -1.56. The molecule has 1 rings (SSSR count). The molecule has 0 bridgehead atoms. The number of guanidine groups is 2. The number of hydrogen-bond acceptors (Lipinski definition) is 3. The minimum atomic E-state index is -0.205. The van der Waals surface area contributed by atoms with Crippen molar-refractivity contribution >= 4 is 23.3 Å². The Balaban J connectivity index is 2.41. The number of likely N-dealkylation sites (N-methyl/N-ethyl adjacent to an activating group) is 1. The topological polar surface area (TPSA) is 89.0 Å². The lowest BCUT2D eigenvalue weighted by molar-refractivity contribution is 0.492. The summed E-state index contributed by atoms with van der Waals surface area (Å²) in [6.45, 7) is 2.83. The van der Waals surface area contributed by atoms with Gasteiger partial charge in [0.1, 0.15) is 0 Å². The van der Waals surface area contributed by atoms with Crippen LogP contribution in [0.3, 0.4) is 0 Å². The van der Waals surface area contributed by atoms with E-state index in [2.05, 4.69) is 23.7 Å². The number of nitrogens with one attached hydrogen (secondary N) is 3. The average molecular weight is 239 g/mol. The van der Waals surface area contributed by atoms with Gasteiger partial charge in [-0.15, -0.1) is 11.3 Å². The molecule has 0 amide bonds. The molecule has 0 spiro atoms. The third-order valence-corrected chi connectivity index (χ3v) is 3.21. The Morgan fingerprint density at radius 2 is 2.25 bits per heavy atom. The Morgan fingerprint density at radius 3 is 2.75 bits per heavy atom. The van der Waals surface area contributed by atoms with Crippen LogP contribution in [-0.2, 0) is 6.42 Å². The molecular weight excluding hydrogens is 222 g/mol. The molecule has 5 N–H and O–H groups in total. The summed E-state index contributed by atoms with van der Waals surface area (Å²) in [5, 5.41) is 19.2. The number of hydrogen-bond donors (Lipinski definition) is 4. The first-order valence-electron chi connectivity index (χ1n) is 4.94. The zero-order chi connectivity index (χ0) is 12.1. The summed E-state index contributed by atoms with van der Waals surface area (Å²) in [4.78, 5) is 3.05. The molecule has 0 unspecified atom stereocenters. The third-order valence-electron chi connectivity index (χ3n) is 2.32. The molecule has 0 aliphatic heterocycles. The van der Waals surface area contributed by atoms with E-state index in [-0.39, 0.29) is 11.9 Å². The molecule has 0 aromatic carbocycles. The van der Waals surface area contributed by atoms with Crippen molar-refractivity contribution in [3.05, 3.63) is 21.9 Å². The normalized spacial score (nSPS) is 9.88. The molecule has 1 heterocycles. The van der Waals surface area contributed by atoms with Crippen LogP contribution in [0.4, 0.5) is 0 Å². The SMILES string of the molecule is Cc1sccc1CCN(C)C(=N)NC(=N)N. The van der Waals surface area contributed by atoms with Gasteiger partial charge in [-0.3, -0.25) is 16.1 Å². The van der Waals surface area contributed by atoms with E-state index in [9.17, 15) is 0 Å². The third kappa shape index (κ3) is 3.54. The molecule has 0 saturated heterocycles. The molecule has 0 aliphatic carbocycles. The van der Waals surface area contributed by atoms with Crippen LogP contribution in [-0.4, -0.2) is 30.4 Å². The highest BCUT2D eigenvalue weighted by atomic mass is 32.1. The van der Waals surface area contributed by atoms with Crippen LogP contribution in [0, 0.1) is 17.7 Å². The summed E-state index contributed by atoms with van der Waals surface area (Å²) in [6, 6.07) is 2.11. The molecule has 0 atom stereocenters. The van der Waals surface area contributed by atoms with Gasteiger partial charge in [-0.1, -0.05) is 0 Å². The van der Waals surface area contributed by atoms with Gasteiger partial charge in [-0.2, -0.15) is 0 Å². The van der Waals surface area contributed by atoms with E-state index in [0.717, 1.165) is 13.0 Å². The minimum Gasteiger partial charge on any atom is -0.370 e. The summed E-state index contributed by atoms with van der Waals surface area (Å²) in [5.41, 5.74) is 6.46. The predicted octanol–water partition coefficient (Wildman–Crippen LogP) is 0.949. The predicted molar refractivity (Wildman–Crippen MR) is 68.2 cm³/mol. The molecule has 0 aliphatic rings. The molecule has 5 nitrogen and oxygen atoms in total. The molecule has 0 radical (unpaired) electrons. The highest BCUT2D eigenvalue weighted by Gasteiger charge is 2.06. The van der Waals surface area contributed by atoms with Crippen LogP contribution < -0.4 is 11.1 Å². The molecule has 16 heavy (non-hydrogen) atoms. The van der Waals surface area contributed by atoms with Gasteiger partial charge in [0.2, 0.25) is 0 Å². The van der Waals surface area contributed by atoms with E-state index < -0.39 is 0 Å². The van der Waals surface area contributed by atoms with E-state index in [1.54, 1.807) is 23.3 Å². The summed E-state index contributed by atoms with van der Waals surface area (Å²) in [6.07, 6.45) is 0.897. The first kappa shape index (κ1) is 12.5. The Bertz CT molecular complexity index is 384. The zero-order valence-electron chi connectivity index (χ0n) is 9.50. The van der Waals surface area contributed by atoms with Crippen molar-refractivity contribution in [3.8, 4) is 0 Å². The Kier molecular flexibility index (Phi) is 4.30. The maximum absolute atomic E-state index is 7.60. The Morgan fingerprint density at radius 1 is 1.56 bits per heavy atom. The number of thiophene rings is 1. The van der Waals surface area contributed by atoms with Crippen molar-refractivity contribution in [2.24, 2.45) is 5.73 Å². The monoisotopic (exact) mass is 239 g/mol. The molecule has 1 aromatic heterocycles.